The third-order valence-electron chi connectivity index (χ3n) is 9.03. The Morgan fingerprint density at radius 1 is 0.702 bits per heavy atom. The van der Waals surface area contributed by atoms with Crippen molar-refractivity contribution in [3.05, 3.63) is 0 Å². The smallest absolute Gasteiger partial charge is 0.186 e. The van der Waals surface area contributed by atoms with Gasteiger partial charge in [0.05, 0.1) is 37.6 Å². The maximum Gasteiger partial charge on any atom is 0.186 e. The number of hydrogen-bond donors (Lipinski definition) is 12. The van der Waals surface area contributed by atoms with Crippen molar-refractivity contribution in [2.75, 3.05) is 72.2 Å². The number of ether oxygens (including phenoxy) is 6. The quantitative estimate of drug-likeness (QED) is 0.108. The van der Waals surface area contributed by atoms with Crippen molar-refractivity contribution in [1.29, 1.82) is 0 Å². The lowest BCUT2D eigenvalue weighted by Gasteiger charge is -2.49. The van der Waals surface area contributed by atoms with E-state index in [2.05, 4.69) is 20.9 Å². The molecule has 0 spiro atoms. The molecule has 0 aromatic rings. The SMILES string of the molecule is NCC1O[C@H](O[C@@H]2C(N)O[C@@H](N)C(OC3O[C@H](CO)C(O)C(N)[C@H]3O)C2OCN2CCCNCCNCCCNCC2)C(N)C[C@@H]1O. The van der Waals surface area contributed by atoms with Crippen molar-refractivity contribution >= 4 is 0 Å². The van der Waals surface area contributed by atoms with Crippen molar-refractivity contribution < 1.29 is 48.8 Å². The zero-order chi connectivity index (χ0) is 33.9. The van der Waals surface area contributed by atoms with E-state index in [0.29, 0.717) is 6.54 Å². The Morgan fingerprint density at radius 3 is 1.98 bits per heavy atom. The minimum Gasteiger partial charge on any atom is -0.394 e. The fourth-order valence-corrected chi connectivity index (χ4v) is 6.17. The lowest BCUT2D eigenvalue weighted by atomic mass is 9.96. The Bertz CT molecular complexity index is 877. The number of aliphatic hydroxyl groups is 4. The van der Waals surface area contributed by atoms with E-state index < -0.39 is 92.6 Å². The van der Waals surface area contributed by atoms with Gasteiger partial charge in [0.15, 0.2) is 12.6 Å². The predicted octanol–water partition coefficient (Wildman–Crippen LogP) is -6.91. The van der Waals surface area contributed by atoms with Crippen molar-refractivity contribution in [3.63, 3.8) is 0 Å². The van der Waals surface area contributed by atoms with Crippen LogP contribution in [-0.4, -0.2) is 184 Å². The summed E-state index contributed by atoms with van der Waals surface area (Å²) in [7, 11) is 0. The van der Waals surface area contributed by atoms with Crippen molar-refractivity contribution in [2.45, 2.75) is 105 Å². The summed E-state index contributed by atoms with van der Waals surface area (Å²) >= 11 is 0. The number of rotatable bonds is 9. The summed E-state index contributed by atoms with van der Waals surface area (Å²) in [5.74, 6) is 0. The zero-order valence-corrected chi connectivity index (χ0v) is 27.1. The first kappa shape index (κ1) is 39.0. The summed E-state index contributed by atoms with van der Waals surface area (Å²) in [5, 5.41) is 51.6. The summed E-state index contributed by atoms with van der Waals surface area (Å²) < 4.78 is 36.5. The van der Waals surface area contributed by atoms with Crippen LogP contribution in [0.3, 0.4) is 0 Å². The molecule has 47 heavy (non-hydrogen) atoms. The molecule has 8 unspecified atom stereocenters. The molecule has 19 heteroatoms. The van der Waals surface area contributed by atoms with Crippen LogP contribution in [0.4, 0.5) is 0 Å². The largest absolute Gasteiger partial charge is 0.394 e. The standard InChI is InChI=1S/C28H59N9O10/c29-12-17-16(39)11-15(30)27(43-17)45-23-22(42-14-37-9-2-5-35-7-6-34-3-1-4-36-8-10-37)24(26(33)47-25(23)32)46-28-21(41)19(31)20(40)18(13-38)44-28/h15-28,34-36,38-41H,1-14,29-33H2/t15?,16-,17?,18+,19?,20?,21+,22?,23-,24?,25?,26+,27+,28?/m0/s1. The molecule has 0 bridgehead atoms. The lowest BCUT2D eigenvalue weighted by Crippen LogP contribution is -2.69. The number of aliphatic hydroxyl groups excluding tert-OH is 4. The van der Waals surface area contributed by atoms with E-state index in [9.17, 15) is 20.4 Å². The molecule has 4 rings (SSSR count). The van der Waals surface area contributed by atoms with Crippen molar-refractivity contribution in [3.8, 4) is 0 Å². The van der Waals surface area contributed by atoms with Gasteiger partial charge in [-0.25, -0.2) is 0 Å². The van der Waals surface area contributed by atoms with E-state index >= 15 is 0 Å². The number of hydrogen-bond acceptors (Lipinski definition) is 19. The second kappa shape index (κ2) is 19.6. The highest BCUT2D eigenvalue weighted by Crippen LogP contribution is 2.31. The van der Waals surface area contributed by atoms with Gasteiger partial charge in [0.25, 0.3) is 0 Å². The van der Waals surface area contributed by atoms with E-state index in [4.69, 9.17) is 57.1 Å². The zero-order valence-electron chi connectivity index (χ0n) is 27.1. The molecule has 14 atom stereocenters. The van der Waals surface area contributed by atoms with Gasteiger partial charge in [0, 0.05) is 39.3 Å². The first-order valence-electron chi connectivity index (χ1n) is 16.8. The first-order valence-corrected chi connectivity index (χ1v) is 16.8. The molecule has 0 aliphatic carbocycles. The predicted molar refractivity (Wildman–Crippen MR) is 168 cm³/mol. The van der Waals surface area contributed by atoms with Gasteiger partial charge in [-0.2, -0.15) is 0 Å². The molecule has 276 valence electrons. The van der Waals surface area contributed by atoms with Crippen LogP contribution >= 0.6 is 0 Å². The third-order valence-corrected chi connectivity index (χ3v) is 9.03. The van der Waals surface area contributed by atoms with Gasteiger partial charge in [0.1, 0.15) is 49.1 Å². The van der Waals surface area contributed by atoms with Gasteiger partial charge in [-0.3, -0.25) is 4.90 Å². The van der Waals surface area contributed by atoms with Gasteiger partial charge in [-0.05, 0) is 38.9 Å². The number of nitrogens with zero attached hydrogens (tertiary/aromatic N) is 1. The molecule has 0 aromatic heterocycles. The Morgan fingerprint density at radius 2 is 1.32 bits per heavy atom. The normalized spacial score (nSPS) is 44.1. The maximum absolute atomic E-state index is 10.8. The molecule has 4 fully saturated rings. The Hall–Kier alpha value is -0.760. The van der Waals surface area contributed by atoms with Crippen LogP contribution in [0.5, 0.6) is 0 Å². The summed E-state index contributed by atoms with van der Waals surface area (Å²) in [4.78, 5) is 2.14. The van der Waals surface area contributed by atoms with E-state index in [1.807, 2.05) is 0 Å². The minimum atomic E-state index is -1.48. The molecule has 4 saturated heterocycles. The summed E-state index contributed by atoms with van der Waals surface area (Å²) in [6.07, 6.45) is -11.4. The van der Waals surface area contributed by atoms with Gasteiger partial charge in [0.2, 0.25) is 0 Å². The van der Waals surface area contributed by atoms with Crippen LogP contribution in [0, 0.1) is 0 Å². The Labute approximate surface area is 276 Å². The van der Waals surface area contributed by atoms with Crippen LogP contribution in [0.15, 0.2) is 0 Å². The fraction of sp³-hybridized carbons (Fsp3) is 1.00. The van der Waals surface area contributed by atoms with Crippen LogP contribution in [-0.2, 0) is 28.4 Å². The molecule has 0 saturated carbocycles. The summed E-state index contributed by atoms with van der Waals surface area (Å²) in [6, 6.07) is -1.90. The van der Waals surface area contributed by atoms with Crippen LogP contribution in [0.1, 0.15) is 19.3 Å². The van der Waals surface area contributed by atoms with Crippen LogP contribution in [0.2, 0.25) is 0 Å². The average molecular weight is 682 g/mol. The molecule has 17 N–H and O–H groups in total. The number of nitrogens with two attached hydrogens (primary N) is 5. The first-order chi connectivity index (χ1) is 22.6. The Balaban J connectivity index is 1.53. The Kier molecular flexibility index (Phi) is 16.3. The second-order valence-electron chi connectivity index (χ2n) is 12.6. The van der Waals surface area contributed by atoms with Gasteiger partial charge >= 0.3 is 0 Å². The average Bonchev–Trinajstić information content (AvgIpc) is 3.05. The molecule has 0 radical (unpaired) electrons. The maximum atomic E-state index is 10.8. The summed E-state index contributed by atoms with van der Waals surface area (Å²) in [5.41, 5.74) is 31.0. The second-order valence-corrected chi connectivity index (χ2v) is 12.6. The summed E-state index contributed by atoms with van der Waals surface area (Å²) in [6.45, 7) is 6.19. The van der Waals surface area contributed by atoms with Gasteiger partial charge in [-0.1, -0.05) is 0 Å². The molecule has 4 aliphatic rings. The molecular weight excluding hydrogens is 622 g/mol. The van der Waals surface area contributed by atoms with Crippen LogP contribution in [0.25, 0.3) is 0 Å². The van der Waals surface area contributed by atoms with E-state index in [-0.39, 0.29) is 19.7 Å². The fourth-order valence-electron chi connectivity index (χ4n) is 6.17. The molecular formula is C28H59N9O10. The van der Waals surface area contributed by atoms with Gasteiger partial charge < -0.3 is 93.5 Å². The van der Waals surface area contributed by atoms with E-state index in [1.165, 1.54) is 0 Å². The molecule has 4 heterocycles. The monoisotopic (exact) mass is 681 g/mol. The highest BCUT2D eigenvalue weighted by Gasteiger charge is 2.52. The highest BCUT2D eigenvalue weighted by atomic mass is 16.7. The van der Waals surface area contributed by atoms with Crippen molar-refractivity contribution in [2.24, 2.45) is 28.7 Å². The third kappa shape index (κ3) is 10.9. The topological polar surface area (TPSA) is 306 Å². The number of nitrogens with one attached hydrogen (secondary N) is 3. The molecule has 0 aromatic carbocycles. The molecule has 19 nitrogen and oxygen atoms in total. The lowest BCUT2D eigenvalue weighted by molar-refractivity contribution is -0.349. The van der Waals surface area contributed by atoms with Crippen LogP contribution < -0.4 is 44.6 Å². The van der Waals surface area contributed by atoms with E-state index in [0.717, 1.165) is 58.7 Å². The highest BCUT2D eigenvalue weighted by molar-refractivity contribution is 4.97. The van der Waals surface area contributed by atoms with Gasteiger partial charge in [-0.15, -0.1) is 0 Å². The molecule has 0 amide bonds. The van der Waals surface area contributed by atoms with E-state index in [1.54, 1.807) is 0 Å². The minimum absolute atomic E-state index is 0.0426. The van der Waals surface area contributed by atoms with Crippen molar-refractivity contribution in [1.82, 2.24) is 20.9 Å². The molecule has 4 aliphatic heterocycles.